The Labute approximate surface area is 109 Å². The number of pyridine rings is 1. The molecule has 0 fully saturated rings. The van der Waals surface area contributed by atoms with Crippen LogP contribution in [0.4, 0.5) is 4.39 Å². The lowest BCUT2D eigenvalue weighted by Crippen LogP contribution is -2.24. The van der Waals surface area contributed by atoms with Crippen LogP contribution in [0.5, 0.6) is 0 Å². The zero-order chi connectivity index (χ0) is 13.7. The summed E-state index contributed by atoms with van der Waals surface area (Å²) in [6.07, 6.45) is 0. The van der Waals surface area contributed by atoms with E-state index in [1.807, 2.05) is 6.07 Å². The molecule has 1 aromatic heterocycles. The largest absolute Gasteiger partial charge is 0.347 e. The lowest BCUT2D eigenvalue weighted by molar-refractivity contribution is 0.0944. The number of carbonyl (C=O) groups excluding carboxylic acids is 1. The van der Waals surface area contributed by atoms with E-state index in [-0.39, 0.29) is 5.69 Å². The monoisotopic (exact) mass is 255 g/mol. The van der Waals surface area contributed by atoms with E-state index < -0.39 is 11.9 Å². The van der Waals surface area contributed by atoms with Crippen molar-refractivity contribution >= 4 is 5.91 Å². The van der Waals surface area contributed by atoms with Crippen molar-refractivity contribution in [1.82, 2.24) is 10.3 Å². The first-order valence-corrected chi connectivity index (χ1v) is 5.59. The Hall–Kier alpha value is -2.74. The fourth-order valence-electron chi connectivity index (χ4n) is 1.50. The van der Waals surface area contributed by atoms with Gasteiger partial charge in [-0.3, -0.25) is 4.79 Å². The first-order valence-electron chi connectivity index (χ1n) is 5.59. The van der Waals surface area contributed by atoms with E-state index in [0.717, 1.165) is 5.56 Å². The van der Waals surface area contributed by atoms with Gasteiger partial charge in [-0.1, -0.05) is 18.2 Å². The van der Waals surface area contributed by atoms with Crippen molar-refractivity contribution in [2.45, 2.75) is 6.54 Å². The molecule has 0 spiro atoms. The SMILES string of the molecule is N#Cc1ccc(CNC(=O)c2cccc(F)n2)cc1. The van der Waals surface area contributed by atoms with Gasteiger partial charge in [0, 0.05) is 6.54 Å². The number of halogens is 1. The Bertz CT molecular complexity index is 632. The Kier molecular flexibility index (Phi) is 3.84. The number of amides is 1. The molecule has 1 N–H and O–H groups in total. The highest BCUT2D eigenvalue weighted by Crippen LogP contribution is 2.04. The molecule has 0 atom stereocenters. The molecule has 1 heterocycles. The minimum Gasteiger partial charge on any atom is -0.347 e. The maximum Gasteiger partial charge on any atom is 0.270 e. The van der Waals surface area contributed by atoms with Gasteiger partial charge >= 0.3 is 0 Å². The van der Waals surface area contributed by atoms with Gasteiger partial charge in [0.15, 0.2) is 0 Å². The molecular formula is C14H10FN3O. The Morgan fingerprint density at radius 2 is 2.00 bits per heavy atom. The van der Waals surface area contributed by atoms with Crippen molar-refractivity contribution in [3.8, 4) is 6.07 Å². The maximum absolute atomic E-state index is 12.9. The van der Waals surface area contributed by atoms with Crippen LogP contribution in [0.1, 0.15) is 21.6 Å². The number of nitriles is 1. The highest BCUT2D eigenvalue weighted by molar-refractivity contribution is 5.92. The van der Waals surface area contributed by atoms with Gasteiger partial charge in [0.25, 0.3) is 5.91 Å². The fraction of sp³-hybridized carbons (Fsp3) is 0.0714. The number of carbonyl (C=O) groups is 1. The Morgan fingerprint density at radius 3 is 2.63 bits per heavy atom. The van der Waals surface area contributed by atoms with Crippen molar-refractivity contribution in [3.63, 3.8) is 0 Å². The molecule has 1 aromatic carbocycles. The summed E-state index contributed by atoms with van der Waals surface area (Å²) in [6.45, 7) is 0.294. The molecular weight excluding hydrogens is 245 g/mol. The number of hydrogen-bond acceptors (Lipinski definition) is 3. The van der Waals surface area contributed by atoms with Crippen LogP contribution in [0.2, 0.25) is 0 Å². The molecule has 0 saturated carbocycles. The van der Waals surface area contributed by atoms with Crippen molar-refractivity contribution < 1.29 is 9.18 Å². The van der Waals surface area contributed by atoms with Crippen molar-refractivity contribution in [3.05, 3.63) is 65.2 Å². The van der Waals surface area contributed by atoms with Gasteiger partial charge < -0.3 is 5.32 Å². The first kappa shape index (κ1) is 12.7. The zero-order valence-electron chi connectivity index (χ0n) is 9.93. The third-order valence-corrected chi connectivity index (χ3v) is 2.48. The van der Waals surface area contributed by atoms with Crippen LogP contribution in [-0.2, 0) is 6.54 Å². The van der Waals surface area contributed by atoms with Crippen LogP contribution in [-0.4, -0.2) is 10.9 Å². The minimum atomic E-state index is -0.689. The second-order valence-electron chi connectivity index (χ2n) is 3.84. The van der Waals surface area contributed by atoms with Gasteiger partial charge in [-0.15, -0.1) is 0 Å². The summed E-state index contributed by atoms with van der Waals surface area (Å²) in [5.74, 6) is -1.13. The van der Waals surface area contributed by atoms with E-state index in [1.54, 1.807) is 24.3 Å². The molecule has 5 heteroatoms. The van der Waals surface area contributed by atoms with Gasteiger partial charge in [0.2, 0.25) is 5.95 Å². The summed E-state index contributed by atoms with van der Waals surface area (Å²) in [7, 11) is 0. The van der Waals surface area contributed by atoms with Crippen LogP contribution in [0, 0.1) is 17.3 Å². The third-order valence-electron chi connectivity index (χ3n) is 2.48. The third kappa shape index (κ3) is 3.36. The Balaban J connectivity index is 1.98. The number of aromatic nitrogens is 1. The molecule has 0 aliphatic rings. The lowest BCUT2D eigenvalue weighted by Gasteiger charge is -2.04. The van der Waals surface area contributed by atoms with Crippen LogP contribution >= 0.6 is 0 Å². The van der Waals surface area contributed by atoms with E-state index in [4.69, 9.17) is 5.26 Å². The molecule has 0 saturated heterocycles. The average Bonchev–Trinajstić information content (AvgIpc) is 2.45. The van der Waals surface area contributed by atoms with Crippen molar-refractivity contribution in [2.75, 3.05) is 0 Å². The van der Waals surface area contributed by atoms with Gasteiger partial charge in [-0.05, 0) is 29.8 Å². The van der Waals surface area contributed by atoms with Crippen LogP contribution in [0.15, 0.2) is 42.5 Å². The zero-order valence-corrected chi connectivity index (χ0v) is 9.93. The summed E-state index contributed by atoms with van der Waals surface area (Å²) >= 11 is 0. The van der Waals surface area contributed by atoms with Gasteiger partial charge in [-0.2, -0.15) is 9.65 Å². The van der Waals surface area contributed by atoms with Gasteiger partial charge in [-0.25, -0.2) is 4.98 Å². The number of benzene rings is 1. The fourth-order valence-corrected chi connectivity index (χ4v) is 1.50. The van der Waals surface area contributed by atoms with Crippen molar-refractivity contribution in [2.24, 2.45) is 0 Å². The summed E-state index contributed by atoms with van der Waals surface area (Å²) < 4.78 is 12.9. The quantitative estimate of drug-likeness (QED) is 0.853. The molecule has 0 bridgehead atoms. The summed E-state index contributed by atoms with van der Waals surface area (Å²) in [5.41, 5.74) is 1.44. The molecule has 0 aliphatic carbocycles. The van der Waals surface area contributed by atoms with E-state index in [0.29, 0.717) is 12.1 Å². The minimum absolute atomic E-state index is 0.0358. The number of nitrogens with one attached hydrogen (secondary N) is 1. The number of nitrogens with zero attached hydrogens (tertiary/aromatic N) is 2. The molecule has 1 amide bonds. The average molecular weight is 255 g/mol. The van der Waals surface area contributed by atoms with Crippen LogP contribution in [0.3, 0.4) is 0 Å². The van der Waals surface area contributed by atoms with E-state index in [9.17, 15) is 9.18 Å². The Morgan fingerprint density at radius 1 is 1.26 bits per heavy atom. The number of rotatable bonds is 3. The topological polar surface area (TPSA) is 65.8 Å². The van der Waals surface area contributed by atoms with Crippen LogP contribution in [0.25, 0.3) is 0 Å². The molecule has 4 nitrogen and oxygen atoms in total. The van der Waals surface area contributed by atoms with E-state index >= 15 is 0 Å². The predicted octanol–water partition coefficient (Wildman–Crippen LogP) is 2.02. The predicted molar refractivity (Wildman–Crippen MR) is 66.5 cm³/mol. The van der Waals surface area contributed by atoms with Gasteiger partial charge in [0.1, 0.15) is 5.69 Å². The normalized spacial score (nSPS) is 9.68. The summed E-state index contributed by atoms with van der Waals surface area (Å²) in [5, 5.41) is 11.3. The van der Waals surface area contributed by atoms with E-state index in [2.05, 4.69) is 10.3 Å². The molecule has 2 aromatic rings. The second-order valence-corrected chi connectivity index (χ2v) is 3.84. The molecule has 19 heavy (non-hydrogen) atoms. The summed E-state index contributed by atoms with van der Waals surface area (Å²) in [6, 6.07) is 12.9. The maximum atomic E-state index is 12.9. The molecule has 0 unspecified atom stereocenters. The van der Waals surface area contributed by atoms with Gasteiger partial charge in [0.05, 0.1) is 11.6 Å². The number of hydrogen-bond donors (Lipinski definition) is 1. The highest BCUT2D eigenvalue weighted by atomic mass is 19.1. The van der Waals surface area contributed by atoms with E-state index in [1.165, 1.54) is 18.2 Å². The molecule has 94 valence electrons. The molecule has 0 aliphatic heterocycles. The molecule has 0 radical (unpaired) electrons. The van der Waals surface area contributed by atoms with Crippen molar-refractivity contribution in [1.29, 1.82) is 5.26 Å². The first-order chi connectivity index (χ1) is 9.19. The molecule has 2 rings (SSSR count). The smallest absolute Gasteiger partial charge is 0.270 e. The summed E-state index contributed by atoms with van der Waals surface area (Å²) in [4.78, 5) is 15.2. The second kappa shape index (κ2) is 5.74. The van der Waals surface area contributed by atoms with Crippen LogP contribution < -0.4 is 5.32 Å². The standard InChI is InChI=1S/C14H10FN3O/c15-13-3-1-2-12(18-13)14(19)17-9-11-6-4-10(8-16)5-7-11/h1-7H,9H2,(H,17,19). The lowest BCUT2D eigenvalue weighted by atomic mass is 10.1. The highest BCUT2D eigenvalue weighted by Gasteiger charge is 2.07.